The molecule has 1 heterocycles. The lowest BCUT2D eigenvalue weighted by Crippen LogP contribution is -2.37. The number of β-amino-alcohol motifs (C(OH)–C–C–N with tert-alkyl or cyclic N) is 1. The summed E-state index contributed by atoms with van der Waals surface area (Å²) in [7, 11) is 0. The third-order valence-corrected chi connectivity index (χ3v) is 4.36. The van der Waals surface area contributed by atoms with E-state index in [0.717, 1.165) is 28.7 Å². The number of likely N-dealkylation sites (tertiary alicyclic amines) is 1. The van der Waals surface area contributed by atoms with Crippen LogP contribution in [0.2, 0.25) is 0 Å². The molecule has 0 bridgehead atoms. The Morgan fingerprint density at radius 3 is 2.48 bits per heavy atom. The zero-order valence-corrected chi connectivity index (χ0v) is 13.6. The van der Waals surface area contributed by atoms with Crippen molar-refractivity contribution in [1.82, 2.24) is 4.90 Å². The average molecular weight is 345 g/mol. The van der Waals surface area contributed by atoms with E-state index in [1.54, 1.807) is 24.3 Å². The smallest absolute Gasteiger partial charge is 0.295 e. The number of rotatable bonds is 3. The summed E-state index contributed by atoms with van der Waals surface area (Å²) < 4.78 is 27.6. The molecule has 1 aliphatic rings. The van der Waals surface area contributed by atoms with Gasteiger partial charge in [-0.05, 0) is 31.5 Å². The number of nitrogens with zero attached hydrogens (tertiary/aromatic N) is 1. The lowest BCUT2D eigenvalue weighted by molar-refractivity contribution is -0.127. The van der Waals surface area contributed by atoms with Crippen LogP contribution in [0.3, 0.4) is 0 Å². The average Bonchev–Trinajstić information content (AvgIpc) is 2.98. The minimum absolute atomic E-state index is 0.0402. The second kappa shape index (κ2) is 6.72. The topological polar surface area (TPSA) is 57.6 Å². The highest BCUT2D eigenvalue weighted by Gasteiger charge is 2.39. The van der Waals surface area contributed by atoms with Crippen molar-refractivity contribution in [3.8, 4) is 0 Å². The summed E-state index contributed by atoms with van der Waals surface area (Å²) in [6.07, 6.45) is -0.852. The number of aliphatic hydroxyl groups is 1. The van der Waals surface area contributed by atoms with Gasteiger partial charge in [0.2, 0.25) is 5.78 Å². The Bertz CT molecular complexity index is 820. The molecule has 2 aromatic carbocycles. The van der Waals surface area contributed by atoms with Gasteiger partial charge in [-0.15, -0.1) is 0 Å². The van der Waals surface area contributed by atoms with Crippen LogP contribution in [-0.2, 0) is 4.79 Å². The fraction of sp³-hybridized carbons (Fsp3) is 0.263. The van der Waals surface area contributed by atoms with Crippen molar-refractivity contribution in [1.29, 1.82) is 0 Å². The van der Waals surface area contributed by atoms with E-state index in [-0.39, 0.29) is 24.1 Å². The van der Waals surface area contributed by atoms with Gasteiger partial charge in [-0.1, -0.05) is 29.8 Å². The molecule has 1 fully saturated rings. The maximum Gasteiger partial charge on any atom is 0.295 e. The minimum Gasteiger partial charge on any atom is -0.391 e. The van der Waals surface area contributed by atoms with Crippen LogP contribution in [0, 0.1) is 18.6 Å². The maximum absolute atomic E-state index is 14.1. The van der Waals surface area contributed by atoms with E-state index >= 15 is 0 Å². The highest BCUT2D eigenvalue weighted by Crippen LogP contribution is 2.34. The Kier molecular flexibility index (Phi) is 4.63. The molecule has 2 unspecified atom stereocenters. The minimum atomic E-state index is -0.901. The molecule has 3 rings (SSSR count). The van der Waals surface area contributed by atoms with Crippen molar-refractivity contribution in [2.75, 3.05) is 6.54 Å². The molecule has 2 aromatic rings. The van der Waals surface area contributed by atoms with Crippen LogP contribution in [0.4, 0.5) is 8.78 Å². The molecule has 25 heavy (non-hydrogen) atoms. The van der Waals surface area contributed by atoms with Crippen LogP contribution in [0.15, 0.2) is 42.5 Å². The van der Waals surface area contributed by atoms with Gasteiger partial charge in [0, 0.05) is 17.7 Å². The van der Waals surface area contributed by atoms with E-state index in [2.05, 4.69) is 0 Å². The predicted molar refractivity (Wildman–Crippen MR) is 86.9 cm³/mol. The fourth-order valence-electron chi connectivity index (χ4n) is 3.06. The molecule has 1 saturated heterocycles. The molecule has 0 spiro atoms. The molecule has 2 atom stereocenters. The highest BCUT2D eigenvalue weighted by atomic mass is 19.1. The number of carbonyl (C=O) groups is 2. The summed E-state index contributed by atoms with van der Waals surface area (Å²) in [5.41, 5.74) is 1.12. The van der Waals surface area contributed by atoms with Crippen molar-refractivity contribution in [2.45, 2.75) is 25.5 Å². The molecule has 130 valence electrons. The first kappa shape index (κ1) is 17.2. The van der Waals surface area contributed by atoms with E-state index in [0.29, 0.717) is 0 Å². The number of amides is 1. The SMILES string of the molecule is Cc1ccc(C(=O)C(=O)N2CC(O)CC2c2cc(F)ccc2F)cc1. The first-order valence-electron chi connectivity index (χ1n) is 7.92. The van der Waals surface area contributed by atoms with Gasteiger partial charge in [-0.25, -0.2) is 8.78 Å². The van der Waals surface area contributed by atoms with E-state index in [4.69, 9.17) is 0 Å². The zero-order valence-electron chi connectivity index (χ0n) is 13.6. The summed E-state index contributed by atoms with van der Waals surface area (Å²) in [5.74, 6) is -2.90. The summed E-state index contributed by atoms with van der Waals surface area (Å²) in [4.78, 5) is 26.2. The third kappa shape index (κ3) is 3.44. The second-order valence-electron chi connectivity index (χ2n) is 6.22. The number of aryl methyl sites for hydroxylation is 1. The lowest BCUT2D eigenvalue weighted by atomic mass is 10.0. The number of carbonyl (C=O) groups excluding carboxylic acids is 2. The molecule has 4 nitrogen and oxygen atoms in total. The van der Waals surface area contributed by atoms with Crippen LogP contribution in [-0.4, -0.2) is 34.3 Å². The normalized spacial score (nSPS) is 19.9. The maximum atomic E-state index is 14.1. The molecular weight excluding hydrogens is 328 g/mol. The Labute approximate surface area is 143 Å². The van der Waals surface area contributed by atoms with E-state index in [1.165, 1.54) is 0 Å². The molecule has 1 amide bonds. The Morgan fingerprint density at radius 2 is 1.80 bits per heavy atom. The molecule has 1 aliphatic heterocycles. The van der Waals surface area contributed by atoms with E-state index in [9.17, 15) is 23.5 Å². The number of hydrogen-bond acceptors (Lipinski definition) is 3. The summed E-state index contributed by atoms with van der Waals surface area (Å²) in [6, 6.07) is 8.57. The zero-order chi connectivity index (χ0) is 18.1. The Balaban J connectivity index is 1.91. The Hall–Kier alpha value is -2.60. The molecule has 0 aliphatic carbocycles. The van der Waals surface area contributed by atoms with Crippen molar-refractivity contribution < 1.29 is 23.5 Å². The summed E-state index contributed by atoms with van der Waals surface area (Å²) in [5, 5.41) is 9.91. The van der Waals surface area contributed by atoms with Gasteiger partial charge in [0.1, 0.15) is 11.6 Å². The lowest BCUT2D eigenvalue weighted by Gasteiger charge is -2.24. The summed E-state index contributed by atoms with van der Waals surface area (Å²) in [6.45, 7) is 1.76. The van der Waals surface area contributed by atoms with Gasteiger partial charge in [0.05, 0.1) is 12.1 Å². The van der Waals surface area contributed by atoms with Gasteiger partial charge in [0.15, 0.2) is 0 Å². The van der Waals surface area contributed by atoms with Crippen LogP contribution in [0.1, 0.15) is 33.9 Å². The van der Waals surface area contributed by atoms with Crippen LogP contribution in [0.5, 0.6) is 0 Å². The van der Waals surface area contributed by atoms with Crippen molar-refractivity contribution in [3.63, 3.8) is 0 Å². The largest absolute Gasteiger partial charge is 0.391 e. The number of halogens is 2. The van der Waals surface area contributed by atoms with Gasteiger partial charge in [-0.3, -0.25) is 9.59 Å². The molecule has 0 aromatic heterocycles. The number of Topliss-reactive ketones (excluding diaryl/α,β-unsaturated/α-hetero) is 1. The fourth-order valence-corrected chi connectivity index (χ4v) is 3.06. The monoisotopic (exact) mass is 345 g/mol. The predicted octanol–water partition coefficient (Wildman–Crippen LogP) is 2.79. The molecule has 0 radical (unpaired) electrons. The first-order valence-corrected chi connectivity index (χ1v) is 7.92. The van der Waals surface area contributed by atoms with E-state index < -0.39 is 35.5 Å². The quantitative estimate of drug-likeness (QED) is 0.687. The Morgan fingerprint density at radius 1 is 1.12 bits per heavy atom. The van der Waals surface area contributed by atoms with Gasteiger partial charge in [-0.2, -0.15) is 0 Å². The standard InChI is InChI=1S/C19H17F2NO3/c1-11-2-4-12(5-3-11)18(24)19(25)22-10-14(23)9-17(22)15-8-13(20)6-7-16(15)21/h2-8,14,17,23H,9-10H2,1H3. The summed E-state index contributed by atoms with van der Waals surface area (Å²) >= 11 is 0. The van der Waals surface area contributed by atoms with Crippen molar-refractivity contribution >= 4 is 11.7 Å². The van der Waals surface area contributed by atoms with Crippen LogP contribution >= 0.6 is 0 Å². The molecule has 6 heteroatoms. The number of ketones is 1. The highest BCUT2D eigenvalue weighted by molar-refractivity contribution is 6.42. The molecule has 1 N–H and O–H groups in total. The molecular formula is C19H17F2NO3. The second-order valence-corrected chi connectivity index (χ2v) is 6.22. The number of hydrogen-bond donors (Lipinski definition) is 1. The van der Waals surface area contributed by atoms with Gasteiger partial charge >= 0.3 is 0 Å². The van der Waals surface area contributed by atoms with Gasteiger partial charge < -0.3 is 10.0 Å². The number of aliphatic hydroxyl groups excluding tert-OH is 1. The third-order valence-electron chi connectivity index (χ3n) is 4.36. The van der Waals surface area contributed by atoms with Crippen molar-refractivity contribution in [3.05, 3.63) is 70.8 Å². The van der Waals surface area contributed by atoms with E-state index in [1.807, 2.05) is 6.92 Å². The van der Waals surface area contributed by atoms with Crippen LogP contribution < -0.4 is 0 Å². The first-order chi connectivity index (χ1) is 11.9. The van der Waals surface area contributed by atoms with Gasteiger partial charge in [0.25, 0.3) is 5.91 Å². The van der Waals surface area contributed by atoms with Crippen LogP contribution in [0.25, 0.3) is 0 Å². The number of benzene rings is 2. The van der Waals surface area contributed by atoms with Crippen molar-refractivity contribution in [2.24, 2.45) is 0 Å². The molecule has 0 saturated carbocycles.